The number of piperidine rings is 1. The van der Waals surface area contributed by atoms with E-state index < -0.39 is 10.7 Å². The van der Waals surface area contributed by atoms with Crippen molar-refractivity contribution in [2.75, 3.05) is 11.4 Å². The van der Waals surface area contributed by atoms with Gasteiger partial charge in [-0.1, -0.05) is 11.6 Å². The molecule has 1 aromatic carbocycles. The van der Waals surface area contributed by atoms with E-state index in [2.05, 4.69) is 0 Å². The van der Waals surface area contributed by atoms with Gasteiger partial charge in [-0.05, 0) is 32.3 Å². The SMILES string of the molecule is CC(N)C1CCCCN1c1cc(Cl)c(F)cc1[N+](=O)[O-]. The summed E-state index contributed by atoms with van der Waals surface area (Å²) < 4.78 is 13.5. The lowest BCUT2D eigenvalue weighted by Gasteiger charge is -2.39. The molecule has 2 unspecified atom stereocenters. The first-order valence-electron chi connectivity index (χ1n) is 6.57. The van der Waals surface area contributed by atoms with Crippen LogP contribution in [0.25, 0.3) is 0 Å². The first-order valence-corrected chi connectivity index (χ1v) is 6.95. The smallest absolute Gasteiger partial charge is 0.295 e. The minimum atomic E-state index is -0.781. The number of nitrogens with two attached hydrogens (primary N) is 1. The lowest BCUT2D eigenvalue weighted by molar-refractivity contribution is -0.384. The average molecular weight is 302 g/mol. The van der Waals surface area contributed by atoms with Crippen molar-refractivity contribution >= 4 is 23.0 Å². The second kappa shape index (κ2) is 5.93. The van der Waals surface area contributed by atoms with Crippen LogP contribution in [0.1, 0.15) is 26.2 Å². The van der Waals surface area contributed by atoms with Crippen molar-refractivity contribution in [1.29, 1.82) is 0 Å². The normalized spacial score (nSPS) is 20.8. The third-order valence-electron chi connectivity index (χ3n) is 3.68. The summed E-state index contributed by atoms with van der Waals surface area (Å²) in [4.78, 5) is 12.4. The first kappa shape index (κ1) is 15.0. The molecule has 0 bridgehead atoms. The van der Waals surface area contributed by atoms with E-state index in [0.717, 1.165) is 25.3 Å². The lowest BCUT2D eigenvalue weighted by atomic mass is 9.96. The topological polar surface area (TPSA) is 72.4 Å². The molecule has 0 aromatic heterocycles. The summed E-state index contributed by atoms with van der Waals surface area (Å²) in [6, 6.07) is 2.09. The molecule has 20 heavy (non-hydrogen) atoms. The van der Waals surface area contributed by atoms with Crippen molar-refractivity contribution in [3.63, 3.8) is 0 Å². The van der Waals surface area contributed by atoms with Gasteiger partial charge in [0.15, 0.2) is 0 Å². The zero-order valence-corrected chi connectivity index (χ0v) is 11.9. The molecule has 2 N–H and O–H groups in total. The highest BCUT2D eigenvalue weighted by atomic mass is 35.5. The van der Waals surface area contributed by atoms with E-state index in [4.69, 9.17) is 17.3 Å². The highest BCUT2D eigenvalue weighted by Gasteiger charge is 2.31. The van der Waals surface area contributed by atoms with Gasteiger partial charge in [-0.25, -0.2) is 4.39 Å². The van der Waals surface area contributed by atoms with E-state index in [-0.39, 0.29) is 22.8 Å². The van der Waals surface area contributed by atoms with Gasteiger partial charge < -0.3 is 10.6 Å². The molecule has 0 spiro atoms. The molecule has 5 nitrogen and oxygen atoms in total. The molecule has 0 amide bonds. The van der Waals surface area contributed by atoms with Gasteiger partial charge in [-0.15, -0.1) is 0 Å². The second-order valence-electron chi connectivity index (χ2n) is 5.13. The summed E-state index contributed by atoms with van der Waals surface area (Å²) >= 11 is 5.78. The Labute approximate surface area is 121 Å². The van der Waals surface area contributed by atoms with E-state index in [1.54, 1.807) is 0 Å². The summed E-state index contributed by atoms with van der Waals surface area (Å²) in [6.45, 7) is 2.54. The Morgan fingerprint density at radius 1 is 1.55 bits per heavy atom. The predicted molar refractivity (Wildman–Crippen MR) is 76.7 cm³/mol. The third kappa shape index (κ3) is 2.86. The Morgan fingerprint density at radius 2 is 2.25 bits per heavy atom. The van der Waals surface area contributed by atoms with Crippen LogP contribution in [0.2, 0.25) is 5.02 Å². The van der Waals surface area contributed by atoms with E-state index in [1.807, 2.05) is 11.8 Å². The van der Waals surface area contributed by atoms with Gasteiger partial charge in [0.05, 0.1) is 16.0 Å². The molecule has 0 saturated carbocycles. The Morgan fingerprint density at radius 3 is 2.85 bits per heavy atom. The maximum absolute atomic E-state index is 13.5. The number of halogens is 2. The average Bonchev–Trinajstić information content (AvgIpc) is 2.41. The van der Waals surface area contributed by atoms with Gasteiger partial charge >= 0.3 is 0 Å². The highest BCUT2D eigenvalue weighted by Crippen LogP contribution is 2.36. The van der Waals surface area contributed by atoms with Gasteiger partial charge in [0.25, 0.3) is 5.69 Å². The molecule has 0 aliphatic carbocycles. The van der Waals surface area contributed by atoms with Crippen LogP contribution in [0.3, 0.4) is 0 Å². The van der Waals surface area contributed by atoms with Crippen LogP contribution in [0.4, 0.5) is 15.8 Å². The minimum absolute atomic E-state index is 0.00368. The van der Waals surface area contributed by atoms with E-state index in [0.29, 0.717) is 12.2 Å². The largest absolute Gasteiger partial charge is 0.361 e. The fraction of sp³-hybridized carbons (Fsp3) is 0.538. The summed E-state index contributed by atoms with van der Waals surface area (Å²) in [5.74, 6) is -0.781. The van der Waals surface area contributed by atoms with Crippen molar-refractivity contribution < 1.29 is 9.31 Å². The highest BCUT2D eigenvalue weighted by molar-refractivity contribution is 6.31. The van der Waals surface area contributed by atoms with Crippen LogP contribution >= 0.6 is 11.6 Å². The molecule has 1 aliphatic rings. The molecule has 1 heterocycles. The number of rotatable bonds is 3. The van der Waals surface area contributed by atoms with E-state index in [1.165, 1.54) is 6.07 Å². The quantitative estimate of drug-likeness (QED) is 0.688. The number of hydrogen-bond donors (Lipinski definition) is 1. The van der Waals surface area contributed by atoms with Crippen LogP contribution < -0.4 is 10.6 Å². The maximum Gasteiger partial charge on any atom is 0.295 e. The third-order valence-corrected chi connectivity index (χ3v) is 3.97. The zero-order chi connectivity index (χ0) is 14.9. The monoisotopic (exact) mass is 301 g/mol. The van der Waals surface area contributed by atoms with Gasteiger partial charge in [0, 0.05) is 18.6 Å². The van der Waals surface area contributed by atoms with E-state index >= 15 is 0 Å². The number of hydrogen-bond acceptors (Lipinski definition) is 4. The molecule has 1 saturated heterocycles. The number of anilines is 1. The van der Waals surface area contributed by atoms with Crippen molar-refractivity contribution in [2.45, 2.75) is 38.3 Å². The molecular weight excluding hydrogens is 285 g/mol. The Balaban J connectivity index is 2.49. The molecule has 7 heteroatoms. The van der Waals surface area contributed by atoms with Gasteiger partial charge in [0.2, 0.25) is 0 Å². The van der Waals surface area contributed by atoms with Gasteiger partial charge in [-0.2, -0.15) is 0 Å². The van der Waals surface area contributed by atoms with Gasteiger partial charge in [0.1, 0.15) is 11.5 Å². The van der Waals surface area contributed by atoms with E-state index in [9.17, 15) is 14.5 Å². The Kier molecular flexibility index (Phi) is 4.45. The fourth-order valence-electron chi connectivity index (χ4n) is 2.71. The summed E-state index contributed by atoms with van der Waals surface area (Å²) in [7, 11) is 0. The lowest BCUT2D eigenvalue weighted by Crippen LogP contribution is -2.49. The number of benzene rings is 1. The van der Waals surface area contributed by atoms with Crippen LogP contribution in [0, 0.1) is 15.9 Å². The van der Waals surface area contributed by atoms with Crippen LogP contribution in [-0.2, 0) is 0 Å². The molecule has 1 aromatic rings. The van der Waals surface area contributed by atoms with Crippen molar-refractivity contribution in [1.82, 2.24) is 0 Å². The Bertz CT molecular complexity index is 525. The van der Waals surface area contributed by atoms with Crippen molar-refractivity contribution in [3.8, 4) is 0 Å². The molecular formula is C13H17ClFN3O2. The fourth-order valence-corrected chi connectivity index (χ4v) is 2.86. The van der Waals surface area contributed by atoms with Crippen molar-refractivity contribution in [2.24, 2.45) is 5.73 Å². The second-order valence-corrected chi connectivity index (χ2v) is 5.53. The predicted octanol–water partition coefficient (Wildman–Crippen LogP) is 3.09. The van der Waals surface area contributed by atoms with Crippen LogP contribution in [0.5, 0.6) is 0 Å². The number of nitro groups is 1. The summed E-state index contributed by atoms with van der Waals surface area (Å²) in [5.41, 5.74) is 6.06. The molecule has 0 radical (unpaired) electrons. The van der Waals surface area contributed by atoms with Crippen molar-refractivity contribution in [3.05, 3.63) is 33.1 Å². The van der Waals surface area contributed by atoms with Gasteiger partial charge in [-0.3, -0.25) is 10.1 Å². The van der Waals surface area contributed by atoms with Crippen LogP contribution in [0.15, 0.2) is 12.1 Å². The molecule has 2 atom stereocenters. The number of nitrogens with zero attached hydrogens (tertiary/aromatic N) is 2. The minimum Gasteiger partial charge on any atom is -0.361 e. The molecule has 1 aliphatic heterocycles. The Hall–Kier alpha value is -1.40. The molecule has 2 rings (SSSR count). The number of nitro benzene ring substituents is 1. The molecule has 110 valence electrons. The summed E-state index contributed by atoms with van der Waals surface area (Å²) in [6.07, 6.45) is 2.82. The standard InChI is InChI=1S/C13H17ClFN3O2/c1-8(16)11-4-2-3-5-17(11)12-6-9(14)10(15)7-13(12)18(19)20/h6-8,11H,2-5,16H2,1H3. The van der Waals surface area contributed by atoms with Crippen LogP contribution in [-0.4, -0.2) is 23.6 Å². The summed E-state index contributed by atoms with van der Waals surface area (Å²) in [5, 5.41) is 11.0. The maximum atomic E-state index is 13.5. The molecule has 1 fully saturated rings. The first-order chi connectivity index (χ1) is 9.41. The zero-order valence-electron chi connectivity index (χ0n) is 11.2.